The van der Waals surface area contributed by atoms with E-state index in [1.807, 2.05) is 0 Å². The molecule has 6 aliphatic rings. The molecule has 1 radical (unpaired) electrons. The third kappa shape index (κ3) is 4.97. The van der Waals surface area contributed by atoms with Gasteiger partial charge in [0.25, 0.3) is 0 Å². The molecule has 0 aromatic heterocycles. The van der Waals surface area contributed by atoms with E-state index in [0.717, 1.165) is 12.8 Å². The van der Waals surface area contributed by atoms with Gasteiger partial charge in [-0.1, -0.05) is 139 Å². The van der Waals surface area contributed by atoms with Crippen molar-refractivity contribution in [3.8, 4) is 22.3 Å². The summed E-state index contributed by atoms with van der Waals surface area (Å²) < 4.78 is 0. The highest BCUT2D eigenvalue weighted by Gasteiger charge is 2.49. The second-order valence-electron chi connectivity index (χ2n) is 14.5. The number of thioether (sulfide) groups is 1. The number of fused-ring (bicyclic) bond motifs is 7. The molecule has 0 N–H and O–H groups in total. The Kier molecular flexibility index (Phi) is 7.47. The van der Waals surface area contributed by atoms with Crippen LogP contribution in [0.5, 0.6) is 0 Å². The summed E-state index contributed by atoms with van der Waals surface area (Å²) in [6.45, 7) is 2.58. The van der Waals surface area contributed by atoms with Gasteiger partial charge in [-0.05, 0) is 99.0 Å². The first-order valence-corrected chi connectivity index (χ1v) is 21.2. The molecule has 2 saturated heterocycles. The Hall–Kier alpha value is -4.57. The maximum Gasteiger partial charge on any atom is 0.0906 e. The molecule has 10 rings (SSSR count). The molecule has 4 aromatic rings. The fourth-order valence-electron chi connectivity index (χ4n) is 9.35. The van der Waals surface area contributed by atoms with Crippen molar-refractivity contribution < 1.29 is 0 Å². The fraction of sp³-hybridized carbons (Fsp3) is 0.191. The highest BCUT2D eigenvalue weighted by Crippen LogP contribution is 2.61. The number of anilines is 2. The average Bonchev–Trinajstić information content (AvgIpc) is 3.70. The van der Waals surface area contributed by atoms with Gasteiger partial charge in [0.05, 0.1) is 8.80 Å². The average molecular weight is 679 g/mol. The first-order chi connectivity index (χ1) is 24.7. The molecule has 243 valence electrons. The Morgan fingerprint density at radius 3 is 2.42 bits per heavy atom. The zero-order valence-electron chi connectivity index (χ0n) is 28.4. The largest absolute Gasteiger partial charge is 0.311 e. The van der Waals surface area contributed by atoms with Crippen LogP contribution in [0.15, 0.2) is 173 Å². The smallest absolute Gasteiger partial charge is 0.0906 e. The van der Waals surface area contributed by atoms with Crippen molar-refractivity contribution in [3.05, 3.63) is 184 Å². The van der Waals surface area contributed by atoms with E-state index in [1.165, 1.54) is 56.9 Å². The normalized spacial score (nSPS) is 25.7. The van der Waals surface area contributed by atoms with Crippen LogP contribution in [0.3, 0.4) is 0 Å². The van der Waals surface area contributed by atoms with E-state index in [9.17, 15) is 0 Å². The summed E-state index contributed by atoms with van der Waals surface area (Å²) in [4.78, 5) is 4.23. The second kappa shape index (κ2) is 12.3. The molecule has 4 aromatic carbocycles. The summed E-state index contributed by atoms with van der Waals surface area (Å²) in [5.74, 6) is 1.77. The standard InChI is InChI=1S/C47H40NSSi/c1-50-44-27-26-41-40-21-7-8-23-43(40)49-47(41)46(44)42-25-24-37(30-45(42)50)48(35-18-9-16-33(28-35)31-12-3-2-4-13-31)36-19-10-17-34(29-36)39-22-11-15-32-14-5-6-20-38(32)39/h2-5,7-19,21-25,27-30,40-43,45H,6,20,26H2,1H3. The lowest BCUT2D eigenvalue weighted by Gasteiger charge is -2.32. The van der Waals surface area contributed by atoms with E-state index in [0.29, 0.717) is 28.5 Å². The molecule has 2 fully saturated rings. The van der Waals surface area contributed by atoms with Crippen molar-refractivity contribution >= 4 is 38.0 Å². The summed E-state index contributed by atoms with van der Waals surface area (Å²) in [6, 6.07) is 36.0. The van der Waals surface area contributed by atoms with Crippen molar-refractivity contribution in [3.63, 3.8) is 0 Å². The van der Waals surface area contributed by atoms with Crippen LogP contribution in [-0.2, 0) is 6.42 Å². The minimum absolute atomic E-state index is 0.482. The Morgan fingerprint density at radius 1 is 0.760 bits per heavy atom. The van der Waals surface area contributed by atoms with E-state index < -0.39 is 8.80 Å². The minimum atomic E-state index is -0.770. The summed E-state index contributed by atoms with van der Waals surface area (Å²) in [7, 11) is -0.770. The maximum absolute atomic E-state index is 2.66. The Labute approximate surface area is 302 Å². The molecular formula is C47H40NSSi. The molecule has 1 nitrogen and oxygen atoms in total. The van der Waals surface area contributed by atoms with E-state index in [4.69, 9.17) is 0 Å². The van der Waals surface area contributed by atoms with Crippen LogP contribution in [0.1, 0.15) is 24.0 Å². The van der Waals surface area contributed by atoms with Crippen LogP contribution < -0.4 is 4.90 Å². The van der Waals surface area contributed by atoms with Crippen molar-refractivity contribution in [1.29, 1.82) is 0 Å². The quantitative estimate of drug-likeness (QED) is 0.193. The number of rotatable bonds is 5. The predicted octanol–water partition coefficient (Wildman–Crippen LogP) is 12.3. The molecule has 0 bridgehead atoms. The molecule has 2 aliphatic heterocycles. The monoisotopic (exact) mass is 678 g/mol. The molecule has 5 atom stereocenters. The molecule has 4 aliphatic carbocycles. The summed E-state index contributed by atoms with van der Waals surface area (Å²) in [5.41, 5.74) is 13.9. The second-order valence-corrected chi connectivity index (χ2v) is 18.3. The van der Waals surface area contributed by atoms with Gasteiger partial charge in [0, 0.05) is 40.1 Å². The third-order valence-corrected chi connectivity index (χ3v) is 16.1. The van der Waals surface area contributed by atoms with Crippen LogP contribution in [0.2, 0.25) is 12.1 Å². The lowest BCUT2D eigenvalue weighted by atomic mass is 9.78. The minimum Gasteiger partial charge on any atom is -0.311 e. The van der Waals surface area contributed by atoms with Gasteiger partial charge in [0.15, 0.2) is 0 Å². The Bertz CT molecular complexity index is 2230. The lowest BCUT2D eigenvalue weighted by molar-refractivity contribution is 0.493. The van der Waals surface area contributed by atoms with E-state index >= 15 is 0 Å². The number of benzene rings is 4. The molecule has 0 saturated carbocycles. The Balaban J connectivity index is 1.08. The van der Waals surface area contributed by atoms with Crippen LogP contribution in [0, 0.1) is 17.8 Å². The van der Waals surface area contributed by atoms with E-state index in [1.54, 1.807) is 15.7 Å². The van der Waals surface area contributed by atoms with E-state index in [-0.39, 0.29) is 0 Å². The molecule has 0 amide bonds. The van der Waals surface area contributed by atoms with Gasteiger partial charge in [-0.15, -0.1) is 11.8 Å². The summed E-state index contributed by atoms with van der Waals surface area (Å²) in [5, 5.41) is 2.30. The highest BCUT2D eigenvalue weighted by atomic mass is 32.2. The van der Waals surface area contributed by atoms with Crippen molar-refractivity contribution in [1.82, 2.24) is 0 Å². The van der Waals surface area contributed by atoms with Crippen molar-refractivity contribution in [2.24, 2.45) is 17.8 Å². The molecule has 5 unspecified atom stereocenters. The number of nitrogens with zero attached hydrogens (tertiary/aromatic N) is 1. The number of hydrogen-bond acceptors (Lipinski definition) is 2. The van der Waals surface area contributed by atoms with Gasteiger partial charge in [-0.25, -0.2) is 0 Å². The molecule has 50 heavy (non-hydrogen) atoms. The van der Waals surface area contributed by atoms with Gasteiger partial charge >= 0.3 is 0 Å². The van der Waals surface area contributed by atoms with Crippen LogP contribution in [-0.4, -0.2) is 14.0 Å². The number of allylic oxidation sites excluding steroid dienone is 11. The van der Waals surface area contributed by atoms with Gasteiger partial charge in [-0.2, -0.15) is 0 Å². The van der Waals surface area contributed by atoms with Gasteiger partial charge in [-0.3, -0.25) is 0 Å². The van der Waals surface area contributed by atoms with Crippen LogP contribution in [0.4, 0.5) is 11.4 Å². The first kappa shape index (κ1) is 30.3. The lowest BCUT2D eigenvalue weighted by Crippen LogP contribution is -2.22. The molecule has 3 heteroatoms. The van der Waals surface area contributed by atoms with Gasteiger partial charge < -0.3 is 4.90 Å². The van der Waals surface area contributed by atoms with Crippen LogP contribution >= 0.6 is 11.8 Å². The van der Waals surface area contributed by atoms with Crippen molar-refractivity contribution in [2.75, 3.05) is 4.90 Å². The Morgan fingerprint density at radius 2 is 1.54 bits per heavy atom. The first-order valence-electron chi connectivity index (χ1n) is 18.3. The van der Waals surface area contributed by atoms with Gasteiger partial charge in [0.2, 0.25) is 0 Å². The van der Waals surface area contributed by atoms with Crippen LogP contribution in [0.25, 0.3) is 28.3 Å². The zero-order valence-corrected chi connectivity index (χ0v) is 30.2. The maximum atomic E-state index is 2.66. The highest BCUT2D eigenvalue weighted by molar-refractivity contribution is 8.04. The predicted molar refractivity (Wildman–Crippen MR) is 216 cm³/mol. The zero-order chi connectivity index (χ0) is 33.2. The third-order valence-electron chi connectivity index (χ3n) is 11.7. The molecule has 0 spiro atoms. The fourth-order valence-corrected chi connectivity index (χ4v) is 13.9. The summed E-state index contributed by atoms with van der Waals surface area (Å²) >= 11 is 2.17. The number of hydrogen-bond donors (Lipinski definition) is 0. The SMILES string of the molecule is C[Si]1C2=CCC3C(=C2C2C=CC(N(c4cccc(-c5ccccc5)c4)c4cccc(-c5cccc6c5CCC=C6)c4)=CC21)SC1C=CC=CC13. The molecular weight excluding hydrogens is 639 g/mol. The van der Waals surface area contributed by atoms with Crippen molar-refractivity contribution in [2.45, 2.75) is 36.6 Å². The van der Waals surface area contributed by atoms with Gasteiger partial charge in [0.1, 0.15) is 0 Å². The topological polar surface area (TPSA) is 3.24 Å². The summed E-state index contributed by atoms with van der Waals surface area (Å²) in [6.07, 6.45) is 27.8. The van der Waals surface area contributed by atoms with E-state index in [2.05, 4.69) is 181 Å². The molecule has 2 heterocycles.